The molecule has 0 spiro atoms. The lowest BCUT2D eigenvalue weighted by Gasteiger charge is -2.19. The molecular formula is C20H18O4. The van der Waals surface area contributed by atoms with Crippen LogP contribution in [0.2, 0.25) is 0 Å². The number of methoxy groups -OCH3 is 1. The lowest BCUT2D eigenvalue weighted by Crippen LogP contribution is -2.09. The highest BCUT2D eigenvalue weighted by atomic mass is 16.5. The maximum Gasteiger partial charge on any atom is 0.154 e. The van der Waals surface area contributed by atoms with Crippen molar-refractivity contribution in [3.63, 3.8) is 0 Å². The van der Waals surface area contributed by atoms with E-state index in [-0.39, 0.29) is 12.4 Å². The van der Waals surface area contributed by atoms with Gasteiger partial charge in [0, 0.05) is 16.5 Å². The lowest BCUT2D eigenvalue weighted by atomic mass is 9.93. The molecule has 0 aromatic heterocycles. The molecule has 4 heteroatoms. The van der Waals surface area contributed by atoms with Gasteiger partial charge in [0.1, 0.15) is 17.2 Å². The molecule has 2 N–H and O–H groups in total. The molecule has 0 aliphatic carbocycles. The minimum Gasteiger partial charge on any atom is -0.507 e. The van der Waals surface area contributed by atoms with Crippen LogP contribution in [0.5, 0.6) is 17.2 Å². The zero-order valence-electron chi connectivity index (χ0n) is 13.5. The number of phenols is 1. The Balaban J connectivity index is 1.98. The number of aliphatic hydroxyl groups is 1. The Labute approximate surface area is 139 Å². The number of benzene rings is 3. The van der Waals surface area contributed by atoms with E-state index in [0.29, 0.717) is 11.3 Å². The summed E-state index contributed by atoms with van der Waals surface area (Å²) in [6.07, 6.45) is -0.470. The summed E-state index contributed by atoms with van der Waals surface area (Å²) >= 11 is 0. The fraction of sp³-hybridized carbons (Fsp3) is 0.200. The summed E-state index contributed by atoms with van der Waals surface area (Å²) in [6.45, 7) is 1.86. The standard InChI is InChI=1S/C20H18O4/c1-11-8-12-6-7-15(22)19-18(12)17(9-11)24-20(19)13-4-3-5-16(23-2)14(13)10-21/h3-9,20-22H,10H2,1-2H3/t20-/m0/s1. The molecule has 0 saturated carbocycles. The van der Waals surface area contributed by atoms with E-state index in [4.69, 9.17) is 9.47 Å². The SMILES string of the molecule is COc1cccc([C@@H]2Oc3cc(C)cc4ccc(O)c2c34)c1CO. The van der Waals surface area contributed by atoms with E-state index in [1.165, 1.54) is 0 Å². The molecule has 0 fully saturated rings. The van der Waals surface area contributed by atoms with Crippen molar-refractivity contribution in [3.8, 4) is 17.2 Å². The molecule has 1 aliphatic heterocycles. The van der Waals surface area contributed by atoms with Crippen LogP contribution in [0, 0.1) is 6.92 Å². The number of hydrogen-bond acceptors (Lipinski definition) is 4. The van der Waals surface area contributed by atoms with Crippen LogP contribution >= 0.6 is 0 Å². The molecule has 3 aromatic carbocycles. The molecule has 4 rings (SSSR count). The molecule has 0 bridgehead atoms. The van der Waals surface area contributed by atoms with E-state index < -0.39 is 6.10 Å². The van der Waals surface area contributed by atoms with Gasteiger partial charge in [0.15, 0.2) is 6.10 Å². The van der Waals surface area contributed by atoms with E-state index in [9.17, 15) is 10.2 Å². The van der Waals surface area contributed by atoms with E-state index in [2.05, 4.69) is 6.07 Å². The van der Waals surface area contributed by atoms with Crippen molar-refractivity contribution in [1.29, 1.82) is 0 Å². The van der Waals surface area contributed by atoms with Gasteiger partial charge in [0.25, 0.3) is 0 Å². The third-order valence-corrected chi connectivity index (χ3v) is 4.58. The normalized spacial score (nSPS) is 15.5. The topological polar surface area (TPSA) is 58.9 Å². The zero-order chi connectivity index (χ0) is 16.8. The number of aromatic hydroxyl groups is 1. The van der Waals surface area contributed by atoms with Gasteiger partial charge in [-0.15, -0.1) is 0 Å². The molecule has 1 heterocycles. The average Bonchev–Trinajstić information content (AvgIpc) is 2.97. The van der Waals surface area contributed by atoms with E-state index in [1.54, 1.807) is 13.2 Å². The largest absolute Gasteiger partial charge is 0.507 e. The van der Waals surface area contributed by atoms with Gasteiger partial charge in [-0.05, 0) is 36.1 Å². The van der Waals surface area contributed by atoms with Gasteiger partial charge < -0.3 is 19.7 Å². The van der Waals surface area contributed by atoms with Crippen molar-refractivity contribution < 1.29 is 19.7 Å². The second kappa shape index (κ2) is 5.42. The first-order valence-corrected chi connectivity index (χ1v) is 7.83. The first kappa shape index (κ1) is 14.8. The third-order valence-electron chi connectivity index (χ3n) is 4.58. The molecule has 122 valence electrons. The van der Waals surface area contributed by atoms with E-state index in [1.807, 2.05) is 37.3 Å². The minimum atomic E-state index is -0.470. The van der Waals surface area contributed by atoms with Gasteiger partial charge in [-0.3, -0.25) is 0 Å². The average molecular weight is 322 g/mol. The maximum atomic E-state index is 10.5. The van der Waals surface area contributed by atoms with Crippen molar-refractivity contribution in [3.05, 3.63) is 64.7 Å². The number of aliphatic hydroxyl groups excluding tert-OH is 1. The number of phenolic OH excluding ortho intramolecular Hbond substituents is 1. The second-order valence-electron chi connectivity index (χ2n) is 6.04. The number of ether oxygens (including phenoxy) is 2. The van der Waals surface area contributed by atoms with Crippen LogP contribution in [0.3, 0.4) is 0 Å². The molecule has 0 unspecified atom stereocenters. The smallest absolute Gasteiger partial charge is 0.154 e. The quantitative estimate of drug-likeness (QED) is 0.769. The van der Waals surface area contributed by atoms with Crippen LogP contribution < -0.4 is 9.47 Å². The van der Waals surface area contributed by atoms with Gasteiger partial charge in [0.2, 0.25) is 0 Å². The van der Waals surface area contributed by atoms with Crippen molar-refractivity contribution >= 4 is 10.8 Å². The van der Waals surface area contributed by atoms with E-state index >= 15 is 0 Å². The van der Waals surface area contributed by atoms with Crippen LogP contribution in [-0.4, -0.2) is 17.3 Å². The molecule has 1 aliphatic rings. The van der Waals surface area contributed by atoms with Crippen molar-refractivity contribution in [2.24, 2.45) is 0 Å². The molecule has 24 heavy (non-hydrogen) atoms. The highest BCUT2D eigenvalue weighted by Gasteiger charge is 2.32. The Morgan fingerprint density at radius 2 is 2.00 bits per heavy atom. The van der Waals surface area contributed by atoms with Gasteiger partial charge in [-0.25, -0.2) is 0 Å². The molecular weight excluding hydrogens is 304 g/mol. The predicted octanol–water partition coefficient (Wildman–Crippen LogP) is 3.84. The highest BCUT2D eigenvalue weighted by Crippen LogP contribution is 2.49. The number of rotatable bonds is 3. The molecule has 4 nitrogen and oxygen atoms in total. The summed E-state index contributed by atoms with van der Waals surface area (Å²) in [5.74, 6) is 1.56. The van der Waals surface area contributed by atoms with Crippen molar-refractivity contribution in [1.82, 2.24) is 0 Å². The van der Waals surface area contributed by atoms with Crippen LogP contribution in [-0.2, 0) is 6.61 Å². The van der Waals surface area contributed by atoms with E-state index in [0.717, 1.165) is 33.2 Å². The molecule has 0 amide bonds. The van der Waals surface area contributed by atoms with Crippen LogP contribution in [0.4, 0.5) is 0 Å². The van der Waals surface area contributed by atoms with Crippen molar-refractivity contribution in [2.45, 2.75) is 19.6 Å². The number of aryl methyl sites for hydroxylation is 1. The lowest BCUT2D eigenvalue weighted by molar-refractivity contribution is 0.243. The predicted molar refractivity (Wildman–Crippen MR) is 91.7 cm³/mol. The summed E-state index contributed by atoms with van der Waals surface area (Å²) in [6, 6.07) is 13.2. The fourth-order valence-electron chi connectivity index (χ4n) is 3.54. The highest BCUT2D eigenvalue weighted by molar-refractivity contribution is 5.96. The van der Waals surface area contributed by atoms with Gasteiger partial charge in [-0.1, -0.05) is 24.3 Å². The molecule has 0 saturated heterocycles. The first-order chi connectivity index (χ1) is 11.6. The monoisotopic (exact) mass is 322 g/mol. The molecule has 0 radical (unpaired) electrons. The Bertz CT molecular complexity index is 946. The maximum absolute atomic E-state index is 10.5. The second-order valence-corrected chi connectivity index (χ2v) is 6.04. The van der Waals surface area contributed by atoms with Gasteiger partial charge in [0.05, 0.1) is 19.3 Å². The Kier molecular flexibility index (Phi) is 3.36. The van der Waals surface area contributed by atoms with Crippen LogP contribution in [0.15, 0.2) is 42.5 Å². The minimum absolute atomic E-state index is 0.161. The molecule has 3 aromatic rings. The summed E-state index contributed by atoms with van der Waals surface area (Å²) < 4.78 is 11.5. The van der Waals surface area contributed by atoms with Gasteiger partial charge >= 0.3 is 0 Å². The zero-order valence-corrected chi connectivity index (χ0v) is 13.5. The van der Waals surface area contributed by atoms with Crippen LogP contribution in [0.1, 0.15) is 28.4 Å². The Hall–Kier alpha value is -2.72. The summed E-state index contributed by atoms with van der Waals surface area (Å²) in [5.41, 5.74) is 3.31. The summed E-state index contributed by atoms with van der Waals surface area (Å²) in [4.78, 5) is 0. The first-order valence-electron chi connectivity index (χ1n) is 7.83. The summed E-state index contributed by atoms with van der Waals surface area (Å²) in [7, 11) is 1.57. The van der Waals surface area contributed by atoms with Gasteiger partial charge in [-0.2, -0.15) is 0 Å². The number of hydrogen-bond donors (Lipinski definition) is 2. The fourth-order valence-corrected chi connectivity index (χ4v) is 3.54. The van der Waals surface area contributed by atoms with Crippen LogP contribution in [0.25, 0.3) is 10.8 Å². The third kappa shape index (κ3) is 2.03. The van der Waals surface area contributed by atoms with Crippen molar-refractivity contribution in [2.75, 3.05) is 7.11 Å². The summed E-state index contributed by atoms with van der Waals surface area (Å²) in [5, 5.41) is 22.2. The Morgan fingerprint density at radius 1 is 1.17 bits per heavy atom. The molecule has 1 atom stereocenters. The Morgan fingerprint density at radius 3 is 2.75 bits per heavy atom.